The van der Waals surface area contributed by atoms with E-state index < -0.39 is 0 Å². The van der Waals surface area contributed by atoms with Crippen LogP contribution in [-0.2, 0) is 0 Å². The summed E-state index contributed by atoms with van der Waals surface area (Å²) >= 11 is 0. The molecular formula is C16H16N4O2. The van der Waals surface area contributed by atoms with E-state index in [0.29, 0.717) is 22.6 Å². The Bertz CT molecular complexity index is 837. The fraction of sp³-hybridized carbons (Fsp3) is 0.188. The van der Waals surface area contributed by atoms with Crippen molar-refractivity contribution in [3.8, 4) is 5.75 Å². The number of imidazole rings is 1. The summed E-state index contributed by atoms with van der Waals surface area (Å²) in [6, 6.07) is 7.14. The van der Waals surface area contributed by atoms with E-state index in [4.69, 9.17) is 4.74 Å². The Kier molecular flexibility index (Phi) is 3.50. The molecule has 112 valence electrons. The highest BCUT2D eigenvalue weighted by atomic mass is 16.5. The second-order valence-electron chi connectivity index (χ2n) is 5.07. The van der Waals surface area contributed by atoms with Gasteiger partial charge in [0, 0.05) is 12.3 Å². The summed E-state index contributed by atoms with van der Waals surface area (Å²) in [6.07, 6.45) is 1.70. The molecule has 22 heavy (non-hydrogen) atoms. The molecule has 6 nitrogen and oxygen atoms in total. The molecule has 1 aromatic carbocycles. The van der Waals surface area contributed by atoms with Gasteiger partial charge in [-0.3, -0.25) is 4.79 Å². The number of hydrogen-bond acceptors (Lipinski definition) is 4. The number of anilines is 1. The summed E-state index contributed by atoms with van der Waals surface area (Å²) < 4.78 is 5.24. The number of H-pyrrole nitrogens is 1. The molecular weight excluding hydrogens is 280 g/mol. The number of pyridine rings is 1. The van der Waals surface area contributed by atoms with E-state index in [-0.39, 0.29) is 5.91 Å². The van der Waals surface area contributed by atoms with E-state index in [1.54, 1.807) is 25.4 Å². The number of rotatable bonds is 3. The predicted molar refractivity (Wildman–Crippen MR) is 84.3 cm³/mol. The summed E-state index contributed by atoms with van der Waals surface area (Å²) in [5.74, 6) is 1.56. The zero-order chi connectivity index (χ0) is 15.7. The molecule has 6 heteroatoms. The summed E-state index contributed by atoms with van der Waals surface area (Å²) in [4.78, 5) is 24.2. The number of ether oxygens (including phenoxy) is 1. The standard InChI is InChI=1S/C16H16N4O2/c1-9-4-5-14(17-8-9)20-16(21)12-6-11(22-3)7-13-15(12)19-10(2)18-13/h4-8H,1-3H3,(H,18,19)(H,17,20,21). The number of fused-ring (bicyclic) bond motifs is 1. The van der Waals surface area contributed by atoms with Crippen molar-refractivity contribution in [3.63, 3.8) is 0 Å². The third-order valence-electron chi connectivity index (χ3n) is 3.31. The van der Waals surface area contributed by atoms with Crippen LogP contribution in [0.25, 0.3) is 11.0 Å². The topological polar surface area (TPSA) is 79.9 Å². The number of nitrogens with zero attached hydrogens (tertiary/aromatic N) is 2. The molecule has 0 aliphatic rings. The zero-order valence-corrected chi connectivity index (χ0v) is 12.6. The van der Waals surface area contributed by atoms with Gasteiger partial charge < -0.3 is 15.0 Å². The van der Waals surface area contributed by atoms with Gasteiger partial charge in [0.1, 0.15) is 22.9 Å². The van der Waals surface area contributed by atoms with Crippen molar-refractivity contribution in [2.45, 2.75) is 13.8 Å². The maximum Gasteiger partial charge on any atom is 0.259 e. The highest BCUT2D eigenvalue weighted by molar-refractivity contribution is 6.11. The van der Waals surface area contributed by atoms with Crippen molar-refractivity contribution in [3.05, 3.63) is 47.4 Å². The first-order valence-electron chi connectivity index (χ1n) is 6.85. The highest BCUT2D eigenvalue weighted by Gasteiger charge is 2.16. The number of aromatic amines is 1. The number of hydrogen-bond donors (Lipinski definition) is 2. The van der Waals surface area contributed by atoms with Crippen LogP contribution in [0.2, 0.25) is 0 Å². The minimum atomic E-state index is -0.272. The molecule has 2 heterocycles. The van der Waals surface area contributed by atoms with Gasteiger partial charge in [0.25, 0.3) is 5.91 Å². The lowest BCUT2D eigenvalue weighted by atomic mass is 10.1. The first-order chi connectivity index (χ1) is 10.6. The van der Waals surface area contributed by atoms with Crippen LogP contribution in [0.5, 0.6) is 5.75 Å². The largest absolute Gasteiger partial charge is 0.497 e. The zero-order valence-electron chi connectivity index (χ0n) is 12.6. The minimum absolute atomic E-state index is 0.272. The maximum absolute atomic E-state index is 12.5. The van der Waals surface area contributed by atoms with Gasteiger partial charge in [-0.15, -0.1) is 0 Å². The van der Waals surface area contributed by atoms with E-state index >= 15 is 0 Å². The number of aryl methyl sites for hydroxylation is 2. The van der Waals surface area contributed by atoms with Crippen molar-refractivity contribution in [1.82, 2.24) is 15.0 Å². The van der Waals surface area contributed by atoms with Gasteiger partial charge in [-0.05, 0) is 31.5 Å². The lowest BCUT2D eigenvalue weighted by Crippen LogP contribution is -2.13. The van der Waals surface area contributed by atoms with Crippen LogP contribution in [0.4, 0.5) is 5.82 Å². The van der Waals surface area contributed by atoms with Crippen LogP contribution in [-0.4, -0.2) is 28.0 Å². The maximum atomic E-state index is 12.5. The number of methoxy groups -OCH3 is 1. The Hall–Kier alpha value is -2.89. The minimum Gasteiger partial charge on any atom is -0.497 e. The number of benzene rings is 1. The van der Waals surface area contributed by atoms with Gasteiger partial charge in [0.05, 0.1) is 18.2 Å². The average Bonchev–Trinajstić information content (AvgIpc) is 2.88. The second-order valence-corrected chi connectivity index (χ2v) is 5.07. The van der Waals surface area contributed by atoms with Crippen LogP contribution >= 0.6 is 0 Å². The summed E-state index contributed by atoms with van der Waals surface area (Å²) in [7, 11) is 1.56. The van der Waals surface area contributed by atoms with E-state index in [9.17, 15) is 4.79 Å². The summed E-state index contributed by atoms with van der Waals surface area (Å²) in [5.41, 5.74) is 2.85. The molecule has 0 atom stereocenters. The highest BCUT2D eigenvalue weighted by Crippen LogP contribution is 2.24. The Morgan fingerprint density at radius 2 is 2.09 bits per heavy atom. The number of carbonyl (C=O) groups is 1. The Morgan fingerprint density at radius 3 is 2.77 bits per heavy atom. The van der Waals surface area contributed by atoms with Crippen molar-refractivity contribution in [1.29, 1.82) is 0 Å². The first-order valence-corrected chi connectivity index (χ1v) is 6.85. The van der Waals surface area contributed by atoms with Crippen LogP contribution in [0.3, 0.4) is 0 Å². The molecule has 1 amide bonds. The lowest BCUT2D eigenvalue weighted by molar-refractivity contribution is 0.102. The molecule has 0 bridgehead atoms. The molecule has 0 radical (unpaired) electrons. The van der Waals surface area contributed by atoms with Gasteiger partial charge in [-0.25, -0.2) is 9.97 Å². The average molecular weight is 296 g/mol. The molecule has 3 rings (SSSR count). The fourth-order valence-corrected chi connectivity index (χ4v) is 2.23. The molecule has 3 aromatic rings. The molecule has 0 aliphatic heterocycles. The van der Waals surface area contributed by atoms with Crippen molar-refractivity contribution < 1.29 is 9.53 Å². The normalized spacial score (nSPS) is 10.7. The van der Waals surface area contributed by atoms with Crippen molar-refractivity contribution in [2.75, 3.05) is 12.4 Å². The molecule has 0 saturated carbocycles. The number of aromatic nitrogens is 3. The third-order valence-corrected chi connectivity index (χ3v) is 3.31. The van der Waals surface area contributed by atoms with Crippen LogP contribution in [0, 0.1) is 13.8 Å². The van der Waals surface area contributed by atoms with Crippen LogP contribution in [0.15, 0.2) is 30.5 Å². The van der Waals surface area contributed by atoms with Gasteiger partial charge in [-0.1, -0.05) is 6.07 Å². The van der Waals surface area contributed by atoms with E-state index in [1.165, 1.54) is 0 Å². The van der Waals surface area contributed by atoms with E-state index in [2.05, 4.69) is 20.3 Å². The Balaban J connectivity index is 2.00. The molecule has 2 N–H and O–H groups in total. The molecule has 0 unspecified atom stereocenters. The smallest absolute Gasteiger partial charge is 0.259 e. The van der Waals surface area contributed by atoms with Gasteiger partial charge >= 0.3 is 0 Å². The van der Waals surface area contributed by atoms with E-state index in [0.717, 1.165) is 16.9 Å². The summed E-state index contributed by atoms with van der Waals surface area (Å²) in [6.45, 7) is 3.78. The molecule has 2 aromatic heterocycles. The molecule has 0 spiro atoms. The lowest BCUT2D eigenvalue weighted by Gasteiger charge is -2.07. The third kappa shape index (κ3) is 2.63. The monoisotopic (exact) mass is 296 g/mol. The molecule has 0 saturated heterocycles. The Labute approximate surface area is 127 Å². The predicted octanol–water partition coefficient (Wildman–Crippen LogP) is 2.84. The second kappa shape index (κ2) is 5.48. The SMILES string of the molecule is COc1cc(C(=O)Nc2ccc(C)cn2)c2nc(C)[nH]c2c1. The number of carbonyl (C=O) groups excluding carboxylic acids is 1. The Morgan fingerprint density at radius 1 is 1.27 bits per heavy atom. The summed E-state index contributed by atoms with van der Waals surface area (Å²) in [5, 5.41) is 2.78. The quantitative estimate of drug-likeness (QED) is 0.779. The first kappa shape index (κ1) is 14.1. The van der Waals surface area contributed by atoms with Gasteiger partial charge in [0.15, 0.2) is 0 Å². The van der Waals surface area contributed by atoms with E-state index in [1.807, 2.05) is 26.0 Å². The molecule has 0 fully saturated rings. The van der Waals surface area contributed by atoms with Crippen LogP contribution < -0.4 is 10.1 Å². The van der Waals surface area contributed by atoms with Gasteiger partial charge in [0.2, 0.25) is 0 Å². The number of amides is 1. The van der Waals surface area contributed by atoms with Crippen LogP contribution in [0.1, 0.15) is 21.7 Å². The number of nitrogens with one attached hydrogen (secondary N) is 2. The van der Waals surface area contributed by atoms with Crippen molar-refractivity contribution in [2.24, 2.45) is 0 Å². The van der Waals surface area contributed by atoms with Gasteiger partial charge in [-0.2, -0.15) is 0 Å². The van der Waals surface area contributed by atoms with Crippen molar-refractivity contribution >= 4 is 22.8 Å². The molecule has 0 aliphatic carbocycles. The fourth-order valence-electron chi connectivity index (χ4n) is 2.23.